The van der Waals surface area contributed by atoms with Crippen molar-refractivity contribution in [2.45, 2.75) is 11.3 Å². The average molecular weight is 325 g/mol. The fraction of sp³-hybridized carbons (Fsp3) is 0.200. The van der Waals surface area contributed by atoms with Crippen molar-refractivity contribution in [3.8, 4) is 5.75 Å². The van der Waals surface area contributed by atoms with Gasteiger partial charge >= 0.3 is 6.36 Å². The lowest BCUT2D eigenvalue weighted by molar-refractivity contribution is -0.275. The number of amides is 1. The molecule has 0 atom stereocenters. The van der Waals surface area contributed by atoms with Crippen LogP contribution in [0.3, 0.4) is 0 Å². The van der Waals surface area contributed by atoms with Crippen LogP contribution in [0.1, 0.15) is 10.4 Å². The minimum Gasteiger partial charge on any atom is -0.404 e. The highest BCUT2D eigenvalue weighted by Crippen LogP contribution is 2.30. The number of ether oxygens (including phenoxy) is 1. The van der Waals surface area contributed by atoms with Crippen molar-refractivity contribution in [2.75, 3.05) is 6.26 Å². The number of aliphatic imine (C=N–C) groups is 1. The van der Waals surface area contributed by atoms with E-state index >= 15 is 0 Å². The summed E-state index contributed by atoms with van der Waals surface area (Å²) in [6.07, 6.45) is -4.41. The molecule has 1 aromatic rings. The Morgan fingerprint density at radius 3 is 2.29 bits per heavy atom. The Morgan fingerprint density at radius 2 is 1.86 bits per heavy atom. The molecule has 4 N–H and O–H groups in total. The predicted molar refractivity (Wildman–Crippen MR) is 66.4 cm³/mol. The van der Waals surface area contributed by atoms with E-state index in [-0.39, 0.29) is 5.56 Å². The van der Waals surface area contributed by atoms with Gasteiger partial charge in [0.05, 0.1) is 0 Å². The molecule has 0 bridgehead atoms. The van der Waals surface area contributed by atoms with Crippen molar-refractivity contribution in [1.29, 1.82) is 0 Å². The Hall–Kier alpha value is -2.30. The van der Waals surface area contributed by atoms with Crippen LogP contribution in [0, 0.1) is 0 Å². The minimum atomic E-state index is -5.08. The molecule has 0 saturated carbocycles. The summed E-state index contributed by atoms with van der Waals surface area (Å²) >= 11 is 0. The largest absolute Gasteiger partial charge is 0.573 e. The summed E-state index contributed by atoms with van der Waals surface area (Å²) in [6.45, 7) is 0. The van der Waals surface area contributed by atoms with E-state index in [1.165, 1.54) is 0 Å². The molecule has 0 unspecified atom stereocenters. The summed E-state index contributed by atoms with van der Waals surface area (Å²) in [7, 11) is -4.08. The average Bonchev–Trinajstić information content (AvgIpc) is 2.24. The maximum atomic E-state index is 12.2. The van der Waals surface area contributed by atoms with Gasteiger partial charge in [0.2, 0.25) is 0 Å². The molecule has 0 aliphatic carbocycles. The second kappa shape index (κ2) is 5.60. The summed E-state index contributed by atoms with van der Waals surface area (Å²) in [6, 6.07) is 2.30. The molecule has 0 radical (unpaired) electrons. The molecule has 0 aliphatic rings. The number of halogens is 3. The first-order valence-electron chi connectivity index (χ1n) is 5.14. The van der Waals surface area contributed by atoms with Crippen molar-refractivity contribution in [3.05, 3.63) is 23.8 Å². The van der Waals surface area contributed by atoms with Gasteiger partial charge in [-0.3, -0.25) is 4.79 Å². The maximum absolute atomic E-state index is 12.2. The zero-order chi connectivity index (χ0) is 16.4. The number of sulfone groups is 1. The maximum Gasteiger partial charge on any atom is 0.573 e. The number of hydrogen-bond acceptors (Lipinski definition) is 4. The van der Waals surface area contributed by atoms with Gasteiger partial charge in [-0.25, -0.2) is 8.42 Å². The Balaban J connectivity index is 3.39. The lowest BCUT2D eigenvalue weighted by Gasteiger charge is -2.12. The van der Waals surface area contributed by atoms with Crippen LogP contribution in [0.4, 0.5) is 13.2 Å². The standard InChI is InChI=1S/C10H10F3N3O4S/c1-21(18,19)7-4-5(8(17)16-9(14)15)2-3-6(7)20-10(11,12)13/h2-4H,1H3,(H4,14,15,16,17). The number of carbonyl (C=O) groups excluding carboxylic acids is 1. The fourth-order valence-corrected chi connectivity index (χ4v) is 2.14. The number of alkyl halides is 3. The van der Waals surface area contributed by atoms with Crippen LogP contribution in [-0.2, 0) is 9.84 Å². The number of guanidine groups is 1. The normalized spacial score (nSPS) is 11.8. The molecule has 21 heavy (non-hydrogen) atoms. The minimum absolute atomic E-state index is 0.307. The summed E-state index contributed by atoms with van der Waals surface area (Å²) in [5.41, 5.74) is 9.66. The molecular weight excluding hydrogens is 315 g/mol. The fourth-order valence-electron chi connectivity index (χ4n) is 1.32. The number of benzene rings is 1. The van der Waals surface area contributed by atoms with Gasteiger partial charge in [-0.2, -0.15) is 4.99 Å². The Bertz CT molecular complexity index is 694. The van der Waals surface area contributed by atoms with Gasteiger partial charge in [-0.05, 0) is 18.2 Å². The smallest absolute Gasteiger partial charge is 0.404 e. The van der Waals surface area contributed by atoms with E-state index < -0.39 is 38.7 Å². The summed E-state index contributed by atoms with van der Waals surface area (Å²) in [5, 5.41) is 0. The van der Waals surface area contributed by atoms with E-state index in [9.17, 15) is 26.4 Å². The van der Waals surface area contributed by atoms with Crippen LogP contribution < -0.4 is 16.2 Å². The van der Waals surface area contributed by atoms with Gasteiger partial charge in [-0.15, -0.1) is 13.2 Å². The second-order valence-electron chi connectivity index (χ2n) is 3.82. The molecule has 1 amide bonds. The SMILES string of the molecule is CS(=O)(=O)c1cc(C(=O)N=C(N)N)ccc1OC(F)(F)F. The lowest BCUT2D eigenvalue weighted by atomic mass is 10.2. The van der Waals surface area contributed by atoms with Crippen molar-refractivity contribution < 1.29 is 31.1 Å². The quantitative estimate of drug-likeness (QED) is 0.612. The molecule has 0 heterocycles. The highest BCUT2D eigenvalue weighted by molar-refractivity contribution is 7.90. The van der Waals surface area contributed by atoms with Crippen LogP contribution in [0.25, 0.3) is 0 Å². The molecular formula is C10H10F3N3O4S. The van der Waals surface area contributed by atoms with E-state index in [1.807, 2.05) is 0 Å². The van der Waals surface area contributed by atoms with Gasteiger partial charge in [-0.1, -0.05) is 0 Å². The van der Waals surface area contributed by atoms with Crippen LogP contribution >= 0.6 is 0 Å². The molecule has 11 heteroatoms. The van der Waals surface area contributed by atoms with E-state index in [0.717, 1.165) is 6.07 Å². The molecule has 0 aromatic heterocycles. The topological polar surface area (TPSA) is 125 Å². The molecule has 0 spiro atoms. The third kappa shape index (κ3) is 4.95. The van der Waals surface area contributed by atoms with Crippen LogP contribution in [0.2, 0.25) is 0 Å². The molecule has 0 aliphatic heterocycles. The monoisotopic (exact) mass is 325 g/mol. The first-order chi connectivity index (χ1) is 9.40. The first kappa shape index (κ1) is 16.8. The van der Waals surface area contributed by atoms with Crippen molar-refractivity contribution in [3.63, 3.8) is 0 Å². The summed E-state index contributed by atoms with van der Waals surface area (Å²) in [5.74, 6) is -2.53. The lowest BCUT2D eigenvalue weighted by Crippen LogP contribution is -2.24. The number of nitrogens with two attached hydrogens (primary N) is 2. The number of hydrogen-bond donors (Lipinski definition) is 2. The highest BCUT2D eigenvalue weighted by Gasteiger charge is 2.33. The Kier molecular flexibility index (Phi) is 4.46. The van der Waals surface area contributed by atoms with Crippen molar-refractivity contribution >= 4 is 21.7 Å². The Morgan fingerprint density at radius 1 is 1.29 bits per heavy atom. The highest BCUT2D eigenvalue weighted by atomic mass is 32.2. The second-order valence-corrected chi connectivity index (χ2v) is 5.81. The van der Waals surface area contributed by atoms with E-state index in [1.54, 1.807) is 0 Å². The van der Waals surface area contributed by atoms with E-state index in [4.69, 9.17) is 11.5 Å². The van der Waals surface area contributed by atoms with Crippen molar-refractivity contribution in [1.82, 2.24) is 0 Å². The Labute approximate surface area is 117 Å². The zero-order valence-electron chi connectivity index (χ0n) is 10.5. The van der Waals surface area contributed by atoms with Gasteiger partial charge in [0.15, 0.2) is 15.8 Å². The number of nitrogens with zero attached hydrogens (tertiary/aromatic N) is 1. The van der Waals surface area contributed by atoms with Gasteiger partial charge in [0.25, 0.3) is 5.91 Å². The van der Waals surface area contributed by atoms with Crippen LogP contribution in [-0.4, -0.2) is 32.9 Å². The van der Waals surface area contributed by atoms with E-state index in [2.05, 4.69) is 9.73 Å². The third-order valence-corrected chi connectivity index (χ3v) is 3.16. The van der Waals surface area contributed by atoms with Crippen LogP contribution in [0.5, 0.6) is 5.75 Å². The van der Waals surface area contributed by atoms with Gasteiger partial charge in [0, 0.05) is 11.8 Å². The molecule has 0 fully saturated rings. The zero-order valence-corrected chi connectivity index (χ0v) is 11.3. The first-order valence-corrected chi connectivity index (χ1v) is 7.03. The van der Waals surface area contributed by atoms with Crippen molar-refractivity contribution in [2.24, 2.45) is 16.5 Å². The molecule has 116 valence electrons. The van der Waals surface area contributed by atoms with Crippen LogP contribution in [0.15, 0.2) is 28.1 Å². The van der Waals surface area contributed by atoms with E-state index in [0.29, 0.717) is 18.4 Å². The van der Waals surface area contributed by atoms with Gasteiger partial charge < -0.3 is 16.2 Å². The summed E-state index contributed by atoms with van der Waals surface area (Å²) < 4.78 is 63.2. The third-order valence-electron chi connectivity index (χ3n) is 2.05. The number of carbonyl (C=O) groups is 1. The van der Waals surface area contributed by atoms with Gasteiger partial charge in [0.1, 0.15) is 10.6 Å². The molecule has 7 nitrogen and oxygen atoms in total. The summed E-state index contributed by atoms with van der Waals surface area (Å²) in [4.78, 5) is 13.9. The predicted octanol–water partition coefficient (Wildman–Crippen LogP) is 0.402. The molecule has 1 aromatic carbocycles. The molecule has 0 saturated heterocycles. The molecule has 1 rings (SSSR count). The number of rotatable bonds is 3.